The minimum Gasteiger partial charge on any atom is -0.469 e. The molecule has 2 rings (SSSR count). The van der Waals surface area contributed by atoms with Crippen LogP contribution >= 0.6 is 0 Å². The van der Waals surface area contributed by atoms with Crippen molar-refractivity contribution in [1.29, 1.82) is 0 Å². The van der Waals surface area contributed by atoms with E-state index in [2.05, 4.69) is 5.32 Å². The first kappa shape index (κ1) is 8.31. The van der Waals surface area contributed by atoms with Crippen molar-refractivity contribution >= 4 is 5.91 Å². The first-order valence-electron chi connectivity index (χ1n) is 4.19. The van der Waals surface area contributed by atoms with Crippen molar-refractivity contribution in [3.63, 3.8) is 0 Å². The van der Waals surface area contributed by atoms with E-state index in [0.717, 1.165) is 5.76 Å². The fourth-order valence-corrected chi connectivity index (χ4v) is 1.15. The van der Waals surface area contributed by atoms with Crippen LogP contribution in [0, 0.1) is 6.92 Å². The third kappa shape index (κ3) is 1.72. The molecule has 1 fully saturated rings. The van der Waals surface area contributed by atoms with Crippen LogP contribution in [0.2, 0.25) is 0 Å². The molecule has 1 aromatic rings. The van der Waals surface area contributed by atoms with Gasteiger partial charge in [-0.15, -0.1) is 0 Å². The van der Waals surface area contributed by atoms with Gasteiger partial charge < -0.3 is 14.5 Å². The lowest BCUT2D eigenvalue weighted by molar-refractivity contribution is -0.00347. The summed E-state index contributed by atoms with van der Waals surface area (Å²) in [6, 6.07) is 1.89. The van der Waals surface area contributed by atoms with Gasteiger partial charge >= 0.3 is 0 Å². The number of aryl methyl sites for hydroxylation is 1. The lowest BCUT2D eigenvalue weighted by Crippen LogP contribution is -2.48. The van der Waals surface area contributed by atoms with Crippen LogP contribution in [-0.4, -0.2) is 25.2 Å². The van der Waals surface area contributed by atoms with Crippen molar-refractivity contribution in [1.82, 2.24) is 5.32 Å². The van der Waals surface area contributed by atoms with Crippen LogP contribution in [-0.2, 0) is 4.74 Å². The van der Waals surface area contributed by atoms with Crippen LogP contribution in [0.3, 0.4) is 0 Å². The molecule has 0 aromatic carbocycles. The van der Waals surface area contributed by atoms with Crippen LogP contribution in [0.4, 0.5) is 0 Å². The molecular weight excluding hydrogens is 170 g/mol. The summed E-state index contributed by atoms with van der Waals surface area (Å²) in [6.07, 6.45) is 1.46. The Bertz CT molecular complexity index is 314. The molecule has 0 aliphatic carbocycles. The molecular formula is C9H11NO3. The molecule has 0 radical (unpaired) electrons. The Morgan fingerprint density at radius 3 is 2.85 bits per heavy atom. The van der Waals surface area contributed by atoms with E-state index >= 15 is 0 Å². The number of amides is 1. The van der Waals surface area contributed by atoms with Gasteiger partial charge in [0.05, 0.1) is 24.8 Å². The van der Waals surface area contributed by atoms with Gasteiger partial charge in [0, 0.05) is 0 Å². The third-order valence-electron chi connectivity index (χ3n) is 1.97. The predicted octanol–water partition coefficient (Wildman–Crippen LogP) is 0.717. The Balaban J connectivity index is 1.96. The molecule has 1 aromatic heterocycles. The van der Waals surface area contributed by atoms with E-state index < -0.39 is 0 Å². The van der Waals surface area contributed by atoms with Crippen molar-refractivity contribution in [3.8, 4) is 0 Å². The number of nitrogens with one attached hydrogen (secondary N) is 1. The quantitative estimate of drug-likeness (QED) is 0.731. The van der Waals surface area contributed by atoms with Crippen LogP contribution in [0.25, 0.3) is 0 Å². The molecule has 1 amide bonds. The van der Waals surface area contributed by atoms with Gasteiger partial charge in [-0.1, -0.05) is 0 Å². The SMILES string of the molecule is Cc1cc(C(=O)NC2COC2)co1. The summed E-state index contributed by atoms with van der Waals surface area (Å²) < 4.78 is 9.97. The minimum absolute atomic E-state index is 0.0925. The second kappa shape index (κ2) is 3.22. The zero-order valence-electron chi connectivity index (χ0n) is 7.37. The van der Waals surface area contributed by atoms with Gasteiger partial charge in [0.25, 0.3) is 5.91 Å². The molecule has 2 heterocycles. The highest BCUT2D eigenvalue weighted by atomic mass is 16.5. The molecule has 4 heteroatoms. The number of ether oxygens (including phenoxy) is 1. The summed E-state index contributed by atoms with van der Waals surface area (Å²) in [5.41, 5.74) is 0.574. The number of carbonyl (C=O) groups excluding carboxylic acids is 1. The van der Waals surface area contributed by atoms with Crippen LogP contribution in [0.1, 0.15) is 16.1 Å². The molecule has 0 spiro atoms. The van der Waals surface area contributed by atoms with Crippen LogP contribution in [0.15, 0.2) is 16.7 Å². The first-order valence-corrected chi connectivity index (χ1v) is 4.19. The highest BCUT2D eigenvalue weighted by Gasteiger charge is 2.21. The van der Waals surface area contributed by atoms with Crippen LogP contribution in [0.5, 0.6) is 0 Å². The van der Waals surface area contributed by atoms with Crippen molar-refractivity contribution in [2.24, 2.45) is 0 Å². The second-order valence-electron chi connectivity index (χ2n) is 3.15. The molecule has 0 bridgehead atoms. The van der Waals surface area contributed by atoms with Crippen LogP contribution < -0.4 is 5.32 Å². The first-order chi connectivity index (χ1) is 6.25. The number of furan rings is 1. The van der Waals surface area contributed by atoms with Crippen molar-refractivity contribution in [2.45, 2.75) is 13.0 Å². The zero-order valence-corrected chi connectivity index (χ0v) is 7.37. The molecule has 0 saturated carbocycles. The van der Waals surface area contributed by atoms with Gasteiger partial charge in [0.15, 0.2) is 0 Å². The summed E-state index contributed by atoms with van der Waals surface area (Å²) in [5, 5.41) is 2.82. The van der Waals surface area contributed by atoms with E-state index in [1.165, 1.54) is 6.26 Å². The largest absolute Gasteiger partial charge is 0.469 e. The molecule has 1 N–H and O–H groups in total. The summed E-state index contributed by atoms with van der Waals surface area (Å²) in [5.74, 6) is 0.653. The summed E-state index contributed by atoms with van der Waals surface area (Å²) in [7, 11) is 0. The van der Waals surface area contributed by atoms with Gasteiger partial charge in [0.1, 0.15) is 12.0 Å². The average Bonchev–Trinajstić information content (AvgIpc) is 2.44. The highest BCUT2D eigenvalue weighted by Crippen LogP contribution is 2.07. The second-order valence-corrected chi connectivity index (χ2v) is 3.15. The lowest BCUT2D eigenvalue weighted by Gasteiger charge is -2.26. The van der Waals surface area contributed by atoms with E-state index in [9.17, 15) is 4.79 Å². The standard InChI is InChI=1S/C9H11NO3/c1-6-2-7(3-13-6)9(11)10-8-4-12-5-8/h2-3,8H,4-5H2,1H3,(H,10,11). The maximum atomic E-state index is 11.4. The Kier molecular flexibility index (Phi) is 2.06. The van der Waals surface area contributed by atoms with E-state index in [4.69, 9.17) is 9.15 Å². The van der Waals surface area contributed by atoms with E-state index in [1.54, 1.807) is 6.07 Å². The maximum Gasteiger partial charge on any atom is 0.254 e. The minimum atomic E-state index is -0.0925. The predicted molar refractivity (Wildman–Crippen MR) is 45.5 cm³/mol. The fraction of sp³-hybridized carbons (Fsp3) is 0.444. The van der Waals surface area contributed by atoms with Crippen molar-refractivity contribution < 1.29 is 13.9 Å². The highest BCUT2D eigenvalue weighted by molar-refractivity contribution is 5.94. The number of hydrogen-bond donors (Lipinski definition) is 1. The number of rotatable bonds is 2. The van der Waals surface area contributed by atoms with Crippen molar-refractivity contribution in [3.05, 3.63) is 23.7 Å². The molecule has 4 nitrogen and oxygen atoms in total. The molecule has 1 saturated heterocycles. The Morgan fingerprint density at radius 1 is 1.62 bits per heavy atom. The summed E-state index contributed by atoms with van der Waals surface area (Å²) in [6.45, 7) is 3.04. The number of carbonyl (C=O) groups is 1. The van der Waals surface area contributed by atoms with Gasteiger partial charge in [-0.05, 0) is 13.0 Å². The Labute approximate surface area is 75.9 Å². The summed E-state index contributed by atoms with van der Waals surface area (Å²) >= 11 is 0. The normalized spacial score (nSPS) is 16.7. The smallest absolute Gasteiger partial charge is 0.254 e. The maximum absolute atomic E-state index is 11.4. The topological polar surface area (TPSA) is 51.5 Å². The van der Waals surface area contributed by atoms with E-state index in [0.29, 0.717) is 18.8 Å². The van der Waals surface area contributed by atoms with Crippen molar-refractivity contribution in [2.75, 3.05) is 13.2 Å². The molecule has 0 unspecified atom stereocenters. The zero-order chi connectivity index (χ0) is 9.26. The third-order valence-corrected chi connectivity index (χ3v) is 1.97. The Hall–Kier alpha value is -1.29. The molecule has 70 valence electrons. The summed E-state index contributed by atoms with van der Waals surface area (Å²) in [4.78, 5) is 11.4. The fourth-order valence-electron chi connectivity index (χ4n) is 1.15. The van der Waals surface area contributed by atoms with E-state index in [1.807, 2.05) is 6.92 Å². The Morgan fingerprint density at radius 2 is 2.38 bits per heavy atom. The van der Waals surface area contributed by atoms with Gasteiger partial charge in [-0.2, -0.15) is 0 Å². The van der Waals surface area contributed by atoms with Gasteiger partial charge in [-0.25, -0.2) is 0 Å². The molecule has 13 heavy (non-hydrogen) atoms. The molecule has 1 aliphatic heterocycles. The van der Waals surface area contributed by atoms with E-state index in [-0.39, 0.29) is 11.9 Å². The average molecular weight is 181 g/mol. The molecule has 1 aliphatic rings. The monoisotopic (exact) mass is 181 g/mol. The van der Waals surface area contributed by atoms with Gasteiger partial charge in [-0.3, -0.25) is 4.79 Å². The number of hydrogen-bond acceptors (Lipinski definition) is 3. The molecule has 0 atom stereocenters. The lowest BCUT2D eigenvalue weighted by atomic mass is 10.2. The van der Waals surface area contributed by atoms with Gasteiger partial charge in [0.2, 0.25) is 0 Å².